The van der Waals surface area contributed by atoms with Crippen LogP contribution in [0.3, 0.4) is 0 Å². The molecule has 1 fully saturated rings. The second-order valence-electron chi connectivity index (χ2n) is 5.38. The van der Waals surface area contributed by atoms with Gasteiger partial charge in [-0.2, -0.15) is 0 Å². The summed E-state index contributed by atoms with van der Waals surface area (Å²) in [6, 6.07) is 0. The molecule has 0 aromatic rings. The van der Waals surface area contributed by atoms with Crippen LogP contribution in [0.15, 0.2) is 0 Å². The summed E-state index contributed by atoms with van der Waals surface area (Å²) in [5.74, 6) is 0.0707. The van der Waals surface area contributed by atoms with E-state index in [2.05, 4.69) is 5.32 Å². The van der Waals surface area contributed by atoms with Gasteiger partial charge in [0.05, 0.1) is 6.54 Å². The molecule has 0 radical (unpaired) electrons. The van der Waals surface area contributed by atoms with Gasteiger partial charge >= 0.3 is 6.09 Å². The van der Waals surface area contributed by atoms with Crippen molar-refractivity contribution in [3.63, 3.8) is 0 Å². The molecule has 2 amide bonds. The van der Waals surface area contributed by atoms with Crippen LogP contribution in [0.25, 0.3) is 0 Å². The molecule has 6 nitrogen and oxygen atoms in total. The number of hydrogen-bond donors (Lipinski definition) is 1. The predicted octanol–water partition coefficient (Wildman–Crippen LogP) is 0.285. The van der Waals surface area contributed by atoms with Crippen molar-refractivity contribution in [2.45, 2.75) is 26.4 Å². The molecular formula is C12H23N3O3. The Morgan fingerprint density at radius 1 is 1.11 bits per heavy atom. The van der Waals surface area contributed by atoms with E-state index < -0.39 is 5.60 Å². The van der Waals surface area contributed by atoms with Crippen LogP contribution in [0.1, 0.15) is 20.8 Å². The Balaban J connectivity index is 2.39. The van der Waals surface area contributed by atoms with Crippen LogP contribution in [0.5, 0.6) is 0 Å². The van der Waals surface area contributed by atoms with Gasteiger partial charge in [-0.3, -0.25) is 4.79 Å². The van der Waals surface area contributed by atoms with Gasteiger partial charge in [0, 0.05) is 26.2 Å². The average molecular weight is 257 g/mol. The molecule has 1 heterocycles. The van der Waals surface area contributed by atoms with E-state index in [9.17, 15) is 9.59 Å². The van der Waals surface area contributed by atoms with Gasteiger partial charge in [-0.1, -0.05) is 0 Å². The molecule has 1 rings (SSSR count). The van der Waals surface area contributed by atoms with E-state index in [4.69, 9.17) is 4.74 Å². The fourth-order valence-electron chi connectivity index (χ4n) is 1.73. The zero-order chi connectivity index (χ0) is 13.8. The Morgan fingerprint density at radius 3 is 2.06 bits per heavy atom. The number of amides is 2. The van der Waals surface area contributed by atoms with Crippen LogP contribution in [0.4, 0.5) is 4.79 Å². The normalized spacial score (nSPS) is 16.7. The highest BCUT2D eigenvalue weighted by Gasteiger charge is 2.27. The molecule has 1 aliphatic heterocycles. The molecular weight excluding hydrogens is 234 g/mol. The van der Waals surface area contributed by atoms with E-state index >= 15 is 0 Å². The minimum absolute atomic E-state index is 0.0707. The fourth-order valence-corrected chi connectivity index (χ4v) is 1.73. The van der Waals surface area contributed by atoms with E-state index in [1.165, 1.54) is 0 Å². The minimum Gasteiger partial charge on any atom is -0.444 e. The van der Waals surface area contributed by atoms with Crippen LogP contribution >= 0.6 is 0 Å². The molecule has 0 atom stereocenters. The molecule has 1 saturated heterocycles. The van der Waals surface area contributed by atoms with Crippen LogP contribution in [0, 0.1) is 0 Å². The van der Waals surface area contributed by atoms with Crippen molar-refractivity contribution in [3.8, 4) is 0 Å². The Bertz CT molecular complexity index is 304. The molecule has 6 heteroatoms. The smallest absolute Gasteiger partial charge is 0.410 e. The average Bonchev–Trinajstić information content (AvgIpc) is 2.27. The number of likely N-dealkylation sites (N-methyl/N-ethyl adjacent to an activating group) is 1. The number of hydrogen-bond acceptors (Lipinski definition) is 4. The van der Waals surface area contributed by atoms with Crippen LogP contribution in [-0.2, 0) is 9.53 Å². The maximum absolute atomic E-state index is 11.8. The van der Waals surface area contributed by atoms with Crippen molar-refractivity contribution in [3.05, 3.63) is 0 Å². The number of rotatable bonds is 2. The second-order valence-corrected chi connectivity index (χ2v) is 5.38. The third kappa shape index (κ3) is 4.52. The zero-order valence-electron chi connectivity index (χ0n) is 11.7. The molecule has 0 spiro atoms. The van der Waals surface area contributed by atoms with E-state index in [1.54, 1.807) is 16.8 Å². The van der Waals surface area contributed by atoms with Gasteiger partial charge < -0.3 is 19.9 Å². The number of nitrogens with one attached hydrogen (secondary N) is 1. The van der Waals surface area contributed by atoms with Gasteiger partial charge in [-0.15, -0.1) is 0 Å². The first-order valence-electron chi connectivity index (χ1n) is 6.24. The Labute approximate surface area is 108 Å². The first-order chi connectivity index (χ1) is 8.33. The summed E-state index contributed by atoms with van der Waals surface area (Å²) in [5.41, 5.74) is -0.476. The minimum atomic E-state index is -0.476. The summed E-state index contributed by atoms with van der Waals surface area (Å²) in [4.78, 5) is 26.8. The van der Waals surface area contributed by atoms with Crippen molar-refractivity contribution in [2.75, 3.05) is 39.8 Å². The summed E-state index contributed by atoms with van der Waals surface area (Å²) in [6.07, 6.45) is -0.303. The molecule has 0 aliphatic carbocycles. The second kappa shape index (κ2) is 6.04. The fraction of sp³-hybridized carbons (Fsp3) is 0.833. The first-order valence-corrected chi connectivity index (χ1v) is 6.24. The van der Waals surface area contributed by atoms with Gasteiger partial charge in [0.1, 0.15) is 5.60 Å². The highest BCUT2D eigenvalue weighted by atomic mass is 16.6. The highest BCUT2D eigenvalue weighted by molar-refractivity contribution is 5.78. The van der Waals surface area contributed by atoms with E-state index in [0.29, 0.717) is 32.7 Å². The summed E-state index contributed by atoms with van der Waals surface area (Å²) in [5, 5.41) is 2.83. The predicted molar refractivity (Wildman–Crippen MR) is 68.3 cm³/mol. The SMILES string of the molecule is CNCC(=O)N1CCN(C(=O)OC(C)(C)C)CC1. The van der Waals surface area contributed by atoms with Crippen molar-refractivity contribution >= 4 is 12.0 Å². The number of carbonyl (C=O) groups excluding carboxylic acids is 2. The molecule has 0 aromatic heterocycles. The van der Waals surface area contributed by atoms with E-state index in [1.807, 2.05) is 20.8 Å². The Kier molecular flexibility index (Phi) is 4.95. The van der Waals surface area contributed by atoms with Gasteiger partial charge in [-0.25, -0.2) is 4.79 Å². The Morgan fingerprint density at radius 2 is 1.61 bits per heavy atom. The highest BCUT2D eigenvalue weighted by Crippen LogP contribution is 2.11. The van der Waals surface area contributed by atoms with Crippen LogP contribution in [-0.4, -0.2) is 67.2 Å². The zero-order valence-corrected chi connectivity index (χ0v) is 11.7. The number of piperazine rings is 1. The van der Waals surface area contributed by atoms with Crippen LogP contribution in [0.2, 0.25) is 0 Å². The molecule has 0 saturated carbocycles. The van der Waals surface area contributed by atoms with Gasteiger partial charge in [0.25, 0.3) is 0 Å². The van der Waals surface area contributed by atoms with Crippen molar-refractivity contribution in [1.29, 1.82) is 0 Å². The topological polar surface area (TPSA) is 61.9 Å². The lowest BCUT2D eigenvalue weighted by Gasteiger charge is -2.35. The molecule has 0 bridgehead atoms. The lowest BCUT2D eigenvalue weighted by Crippen LogP contribution is -2.52. The maximum Gasteiger partial charge on any atom is 0.410 e. The monoisotopic (exact) mass is 257 g/mol. The van der Waals surface area contributed by atoms with Crippen molar-refractivity contribution in [2.24, 2.45) is 0 Å². The summed E-state index contributed by atoms with van der Waals surface area (Å²) < 4.78 is 5.29. The van der Waals surface area contributed by atoms with Crippen molar-refractivity contribution in [1.82, 2.24) is 15.1 Å². The summed E-state index contributed by atoms with van der Waals surface area (Å²) >= 11 is 0. The summed E-state index contributed by atoms with van der Waals surface area (Å²) in [6.45, 7) is 8.08. The molecule has 104 valence electrons. The Hall–Kier alpha value is -1.30. The number of ether oxygens (including phenoxy) is 1. The van der Waals surface area contributed by atoms with Gasteiger partial charge in [-0.05, 0) is 27.8 Å². The number of nitrogens with zero attached hydrogens (tertiary/aromatic N) is 2. The largest absolute Gasteiger partial charge is 0.444 e. The molecule has 0 aromatic carbocycles. The standard InChI is InChI=1S/C12H23N3O3/c1-12(2,3)18-11(17)15-7-5-14(6-8-15)10(16)9-13-4/h13H,5-9H2,1-4H3. The van der Waals surface area contributed by atoms with Gasteiger partial charge in [0.15, 0.2) is 0 Å². The molecule has 0 unspecified atom stereocenters. The van der Waals surface area contributed by atoms with Crippen LogP contribution < -0.4 is 5.32 Å². The maximum atomic E-state index is 11.8. The summed E-state index contributed by atoms with van der Waals surface area (Å²) in [7, 11) is 1.74. The van der Waals surface area contributed by atoms with E-state index in [-0.39, 0.29) is 12.0 Å². The lowest BCUT2D eigenvalue weighted by molar-refractivity contribution is -0.131. The van der Waals surface area contributed by atoms with Gasteiger partial charge in [0.2, 0.25) is 5.91 Å². The third-order valence-electron chi connectivity index (χ3n) is 2.61. The molecule has 1 aliphatic rings. The van der Waals surface area contributed by atoms with Crippen molar-refractivity contribution < 1.29 is 14.3 Å². The first kappa shape index (κ1) is 14.8. The van der Waals surface area contributed by atoms with E-state index in [0.717, 1.165) is 0 Å². The quantitative estimate of drug-likeness (QED) is 0.772. The molecule has 1 N–H and O–H groups in total. The molecule has 18 heavy (non-hydrogen) atoms. The third-order valence-corrected chi connectivity index (χ3v) is 2.61. The number of carbonyl (C=O) groups is 2. The lowest BCUT2D eigenvalue weighted by atomic mass is 10.2.